The van der Waals surface area contributed by atoms with Gasteiger partial charge in [-0.3, -0.25) is 0 Å². The summed E-state index contributed by atoms with van der Waals surface area (Å²) in [5.41, 5.74) is 0.867. The molecule has 1 saturated carbocycles. The number of aryl methyl sites for hydroxylation is 1. The normalized spacial score (nSPS) is 15.2. The third kappa shape index (κ3) is 2.56. The molecule has 0 aliphatic heterocycles. The lowest BCUT2D eigenvalue weighted by atomic mass is 10.3. The molecule has 0 atom stereocenters. The maximum absolute atomic E-state index is 8.74. The zero-order valence-corrected chi connectivity index (χ0v) is 9.99. The molecule has 0 amide bonds. The van der Waals surface area contributed by atoms with Crippen LogP contribution < -0.4 is 0 Å². The molecule has 0 unspecified atom stereocenters. The molecular weight excluding hydrogens is 234 g/mol. The van der Waals surface area contributed by atoms with Crippen LogP contribution in [0.1, 0.15) is 42.6 Å². The van der Waals surface area contributed by atoms with Crippen LogP contribution in [0.3, 0.4) is 0 Å². The van der Waals surface area contributed by atoms with E-state index in [9.17, 15) is 0 Å². The van der Waals surface area contributed by atoms with Gasteiger partial charge in [0.1, 0.15) is 6.54 Å². The molecule has 96 valence electrons. The molecular formula is C11H15N5O2. The van der Waals surface area contributed by atoms with E-state index in [1.807, 2.05) is 6.20 Å². The van der Waals surface area contributed by atoms with Gasteiger partial charge in [0.25, 0.3) is 0 Å². The molecule has 0 aromatic carbocycles. The Morgan fingerprint density at radius 2 is 2.33 bits per heavy atom. The maximum Gasteiger partial charge on any atom is 0.248 e. The largest absolute Gasteiger partial charge is 0.396 e. The molecule has 1 N–H and O–H groups in total. The fourth-order valence-corrected chi connectivity index (χ4v) is 1.77. The fraction of sp³-hybridized carbons (Fsp3) is 0.636. The molecule has 2 heterocycles. The van der Waals surface area contributed by atoms with Gasteiger partial charge in [-0.25, -0.2) is 4.68 Å². The Labute approximate surface area is 104 Å². The SMILES string of the molecule is OCCCc1cn(Cc2nc(C3CC3)no2)nn1. The summed E-state index contributed by atoms with van der Waals surface area (Å²) in [5, 5.41) is 20.7. The van der Waals surface area contributed by atoms with Gasteiger partial charge in [-0.15, -0.1) is 5.10 Å². The average Bonchev–Trinajstić information content (AvgIpc) is 2.96. The van der Waals surface area contributed by atoms with Crippen molar-refractivity contribution in [2.45, 2.75) is 38.1 Å². The van der Waals surface area contributed by atoms with Crippen LogP contribution >= 0.6 is 0 Å². The highest BCUT2D eigenvalue weighted by Crippen LogP contribution is 2.38. The predicted molar refractivity (Wildman–Crippen MR) is 60.8 cm³/mol. The highest BCUT2D eigenvalue weighted by atomic mass is 16.5. The van der Waals surface area contributed by atoms with Crippen molar-refractivity contribution in [1.29, 1.82) is 0 Å². The first-order valence-corrected chi connectivity index (χ1v) is 6.17. The second kappa shape index (κ2) is 4.85. The third-order valence-corrected chi connectivity index (χ3v) is 2.90. The topological polar surface area (TPSA) is 89.9 Å². The second-order valence-corrected chi connectivity index (χ2v) is 4.56. The summed E-state index contributed by atoms with van der Waals surface area (Å²) in [6, 6.07) is 0. The van der Waals surface area contributed by atoms with Gasteiger partial charge in [0.15, 0.2) is 5.82 Å². The van der Waals surface area contributed by atoms with Gasteiger partial charge in [-0.1, -0.05) is 10.4 Å². The van der Waals surface area contributed by atoms with E-state index >= 15 is 0 Å². The zero-order chi connectivity index (χ0) is 12.4. The minimum atomic E-state index is 0.168. The van der Waals surface area contributed by atoms with Crippen LogP contribution in [0, 0.1) is 0 Å². The van der Waals surface area contributed by atoms with Gasteiger partial charge in [-0.2, -0.15) is 4.98 Å². The molecule has 1 aliphatic carbocycles. The van der Waals surface area contributed by atoms with Gasteiger partial charge in [0.05, 0.1) is 5.69 Å². The van der Waals surface area contributed by atoms with Gasteiger partial charge >= 0.3 is 0 Å². The van der Waals surface area contributed by atoms with E-state index in [4.69, 9.17) is 9.63 Å². The summed E-state index contributed by atoms with van der Waals surface area (Å²) in [4.78, 5) is 4.33. The first kappa shape index (κ1) is 11.3. The van der Waals surface area contributed by atoms with E-state index in [2.05, 4.69) is 20.5 Å². The van der Waals surface area contributed by atoms with Crippen molar-refractivity contribution in [2.75, 3.05) is 6.61 Å². The van der Waals surface area contributed by atoms with Crippen LogP contribution in [0.15, 0.2) is 10.7 Å². The molecule has 0 saturated heterocycles. The van der Waals surface area contributed by atoms with Crippen LogP contribution in [0.25, 0.3) is 0 Å². The zero-order valence-electron chi connectivity index (χ0n) is 9.99. The Morgan fingerprint density at radius 3 is 3.11 bits per heavy atom. The highest BCUT2D eigenvalue weighted by molar-refractivity contribution is 5.03. The number of aliphatic hydroxyl groups excluding tert-OH is 1. The Bertz CT molecular complexity index is 517. The highest BCUT2D eigenvalue weighted by Gasteiger charge is 2.28. The predicted octanol–water partition coefficient (Wildman–Crippen LogP) is 0.512. The number of nitrogens with zero attached hydrogens (tertiary/aromatic N) is 5. The van der Waals surface area contributed by atoms with E-state index < -0.39 is 0 Å². The van der Waals surface area contributed by atoms with Crippen molar-refractivity contribution in [3.8, 4) is 0 Å². The minimum Gasteiger partial charge on any atom is -0.396 e. The molecule has 2 aromatic heterocycles. The van der Waals surface area contributed by atoms with E-state index in [1.54, 1.807) is 4.68 Å². The lowest BCUT2D eigenvalue weighted by Gasteiger charge is -1.92. The maximum atomic E-state index is 8.74. The van der Waals surface area contributed by atoms with Crippen molar-refractivity contribution in [2.24, 2.45) is 0 Å². The minimum absolute atomic E-state index is 0.168. The Balaban J connectivity index is 1.62. The standard InChI is InChI=1S/C11H15N5O2/c17-5-1-2-9-6-16(15-13-9)7-10-12-11(14-18-10)8-3-4-8/h6,8,17H,1-5,7H2. The van der Waals surface area contributed by atoms with Crippen LogP contribution in [0.5, 0.6) is 0 Å². The molecule has 7 heteroatoms. The summed E-state index contributed by atoms with van der Waals surface area (Å²) < 4.78 is 6.85. The van der Waals surface area contributed by atoms with E-state index in [1.165, 1.54) is 0 Å². The van der Waals surface area contributed by atoms with Crippen LogP contribution in [-0.2, 0) is 13.0 Å². The number of rotatable bonds is 6. The number of hydrogen-bond donors (Lipinski definition) is 1. The summed E-state index contributed by atoms with van der Waals surface area (Å²) in [7, 11) is 0. The van der Waals surface area contributed by atoms with Crippen molar-refractivity contribution in [3.05, 3.63) is 23.6 Å². The molecule has 1 fully saturated rings. The Morgan fingerprint density at radius 1 is 1.44 bits per heavy atom. The molecule has 3 rings (SSSR count). The summed E-state index contributed by atoms with van der Waals surface area (Å²) in [6.45, 7) is 0.618. The number of aliphatic hydroxyl groups is 1. The second-order valence-electron chi connectivity index (χ2n) is 4.56. The molecule has 0 spiro atoms. The van der Waals surface area contributed by atoms with Crippen molar-refractivity contribution < 1.29 is 9.63 Å². The van der Waals surface area contributed by atoms with Gasteiger partial charge in [-0.05, 0) is 25.7 Å². The molecule has 18 heavy (non-hydrogen) atoms. The van der Waals surface area contributed by atoms with Gasteiger partial charge in [0, 0.05) is 18.7 Å². The third-order valence-electron chi connectivity index (χ3n) is 2.90. The van der Waals surface area contributed by atoms with Crippen LogP contribution in [0.4, 0.5) is 0 Å². The quantitative estimate of drug-likeness (QED) is 0.802. The average molecular weight is 249 g/mol. The summed E-state index contributed by atoms with van der Waals surface area (Å²) in [6.07, 6.45) is 5.59. The molecule has 7 nitrogen and oxygen atoms in total. The summed E-state index contributed by atoms with van der Waals surface area (Å²) >= 11 is 0. The molecule has 1 aliphatic rings. The lowest BCUT2D eigenvalue weighted by Crippen LogP contribution is -2.00. The van der Waals surface area contributed by atoms with Gasteiger partial charge in [0.2, 0.25) is 5.89 Å². The van der Waals surface area contributed by atoms with Gasteiger partial charge < -0.3 is 9.63 Å². The number of hydrogen-bond acceptors (Lipinski definition) is 6. The van der Waals surface area contributed by atoms with Crippen molar-refractivity contribution in [1.82, 2.24) is 25.1 Å². The fourth-order valence-electron chi connectivity index (χ4n) is 1.77. The molecule has 2 aromatic rings. The first-order valence-electron chi connectivity index (χ1n) is 6.17. The smallest absolute Gasteiger partial charge is 0.248 e. The van der Waals surface area contributed by atoms with E-state index in [-0.39, 0.29) is 6.61 Å². The van der Waals surface area contributed by atoms with Crippen LogP contribution in [0.2, 0.25) is 0 Å². The molecule has 0 bridgehead atoms. The first-order chi connectivity index (χ1) is 8.85. The number of aromatic nitrogens is 5. The monoisotopic (exact) mass is 249 g/mol. The lowest BCUT2D eigenvalue weighted by molar-refractivity contribution is 0.288. The van der Waals surface area contributed by atoms with Crippen molar-refractivity contribution in [3.63, 3.8) is 0 Å². The van der Waals surface area contributed by atoms with Crippen molar-refractivity contribution >= 4 is 0 Å². The Hall–Kier alpha value is -1.76. The van der Waals surface area contributed by atoms with Crippen LogP contribution in [-0.4, -0.2) is 36.8 Å². The molecule has 0 radical (unpaired) electrons. The van der Waals surface area contributed by atoms with E-state index in [0.29, 0.717) is 24.8 Å². The van der Waals surface area contributed by atoms with E-state index in [0.717, 1.165) is 30.8 Å². The summed E-state index contributed by atoms with van der Waals surface area (Å²) in [5.74, 6) is 1.87. The Kier molecular flexibility index (Phi) is 3.06.